The first kappa shape index (κ1) is 26.4. The van der Waals surface area contributed by atoms with E-state index in [0.29, 0.717) is 13.2 Å². The second kappa shape index (κ2) is 9.23. The van der Waals surface area contributed by atoms with Crippen LogP contribution in [0.15, 0.2) is 23.3 Å². The molecule has 1 aliphatic rings. The molecule has 0 aromatic heterocycles. The molecule has 0 aromatic carbocycles. The van der Waals surface area contributed by atoms with Crippen LogP contribution >= 0.6 is 0 Å². The maximum absolute atomic E-state index is 11.3. The summed E-state index contributed by atoms with van der Waals surface area (Å²) in [6.45, 7) is 18.5. The fourth-order valence-corrected chi connectivity index (χ4v) is 4.40. The Morgan fingerprint density at radius 1 is 1.00 bits per heavy atom. The first-order valence-corrected chi connectivity index (χ1v) is 10.7. The SMILES string of the molecule is CC(=O)OCC(C)(C)C=C1C(N)CC(C)(C)C(=CC(C)(C)COC(C)=O)C1(C)CN. The standard InChI is InChI=1S/C24H42N2O4/c1-16(27)29-14-21(3,4)10-18-19(26)11-23(7,8)20(24(18,9)13-25)12-22(5,6)15-30-17(2)28/h10,12,19H,11,13-15,25-26H2,1-9H3. The average Bonchev–Trinajstić information content (AvgIpc) is 2.59. The van der Waals surface area contributed by atoms with Crippen molar-refractivity contribution < 1.29 is 19.1 Å². The lowest BCUT2D eigenvalue weighted by Crippen LogP contribution is -2.51. The van der Waals surface area contributed by atoms with Crippen LogP contribution < -0.4 is 11.5 Å². The van der Waals surface area contributed by atoms with Crippen LogP contribution in [0.4, 0.5) is 0 Å². The summed E-state index contributed by atoms with van der Waals surface area (Å²) in [4.78, 5) is 22.6. The Kier molecular flexibility index (Phi) is 8.11. The molecule has 0 bridgehead atoms. The summed E-state index contributed by atoms with van der Waals surface area (Å²) in [6, 6.07) is -0.154. The monoisotopic (exact) mass is 422 g/mol. The smallest absolute Gasteiger partial charge is 0.302 e. The van der Waals surface area contributed by atoms with Crippen molar-refractivity contribution in [3.05, 3.63) is 23.3 Å². The van der Waals surface area contributed by atoms with Crippen molar-refractivity contribution in [3.63, 3.8) is 0 Å². The van der Waals surface area contributed by atoms with Gasteiger partial charge >= 0.3 is 11.9 Å². The Hall–Kier alpha value is -1.66. The van der Waals surface area contributed by atoms with Crippen molar-refractivity contribution in [2.24, 2.45) is 33.1 Å². The van der Waals surface area contributed by atoms with E-state index in [1.807, 2.05) is 13.8 Å². The molecule has 2 atom stereocenters. The largest absolute Gasteiger partial charge is 0.465 e. The van der Waals surface area contributed by atoms with Gasteiger partial charge in [-0.3, -0.25) is 9.59 Å². The molecule has 0 spiro atoms. The number of carbonyl (C=O) groups excluding carboxylic acids is 2. The van der Waals surface area contributed by atoms with Crippen molar-refractivity contribution in [2.75, 3.05) is 19.8 Å². The molecule has 1 rings (SSSR count). The quantitative estimate of drug-likeness (QED) is 0.478. The minimum atomic E-state index is -0.456. The van der Waals surface area contributed by atoms with Gasteiger partial charge in [0.15, 0.2) is 0 Å². The highest BCUT2D eigenvalue weighted by Crippen LogP contribution is 2.54. The van der Waals surface area contributed by atoms with Crippen LogP contribution in [0.5, 0.6) is 0 Å². The minimum Gasteiger partial charge on any atom is -0.465 e. The number of hydrogen-bond acceptors (Lipinski definition) is 6. The molecule has 0 saturated heterocycles. The molecular weight excluding hydrogens is 380 g/mol. The van der Waals surface area contributed by atoms with Crippen molar-refractivity contribution in [2.45, 2.75) is 74.8 Å². The fourth-order valence-electron chi connectivity index (χ4n) is 4.40. The van der Waals surface area contributed by atoms with Gasteiger partial charge in [0.2, 0.25) is 0 Å². The van der Waals surface area contributed by atoms with E-state index < -0.39 is 5.41 Å². The molecule has 0 aliphatic heterocycles. The lowest BCUT2D eigenvalue weighted by molar-refractivity contribution is -0.144. The summed E-state index contributed by atoms with van der Waals surface area (Å²) in [5.41, 5.74) is 13.9. The van der Waals surface area contributed by atoms with E-state index in [2.05, 4.69) is 46.8 Å². The van der Waals surface area contributed by atoms with Crippen LogP contribution in [-0.4, -0.2) is 37.7 Å². The van der Waals surface area contributed by atoms with E-state index >= 15 is 0 Å². The second-order valence-corrected chi connectivity index (χ2v) is 10.9. The molecule has 1 aliphatic carbocycles. The molecule has 0 aromatic rings. The van der Waals surface area contributed by atoms with Crippen LogP contribution in [0, 0.1) is 21.7 Å². The molecule has 0 amide bonds. The van der Waals surface area contributed by atoms with Crippen LogP contribution in [0.3, 0.4) is 0 Å². The van der Waals surface area contributed by atoms with Gasteiger partial charge in [-0.05, 0) is 17.4 Å². The molecular formula is C24H42N2O4. The maximum Gasteiger partial charge on any atom is 0.302 e. The van der Waals surface area contributed by atoms with Crippen LogP contribution in [-0.2, 0) is 19.1 Å². The van der Waals surface area contributed by atoms with Crippen LogP contribution in [0.2, 0.25) is 0 Å². The van der Waals surface area contributed by atoms with E-state index in [1.165, 1.54) is 19.4 Å². The highest BCUT2D eigenvalue weighted by atomic mass is 16.5. The molecule has 1 fully saturated rings. The van der Waals surface area contributed by atoms with Crippen molar-refractivity contribution in [1.82, 2.24) is 0 Å². The third-order valence-electron chi connectivity index (χ3n) is 5.87. The van der Waals surface area contributed by atoms with Gasteiger partial charge in [-0.1, -0.05) is 66.2 Å². The van der Waals surface area contributed by atoms with E-state index in [-0.39, 0.29) is 40.8 Å². The minimum absolute atomic E-state index is 0.154. The van der Waals surface area contributed by atoms with Gasteiger partial charge < -0.3 is 20.9 Å². The molecule has 1 saturated carbocycles. The van der Waals surface area contributed by atoms with Crippen LogP contribution in [0.1, 0.15) is 68.7 Å². The van der Waals surface area contributed by atoms with E-state index in [1.54, 1.807) is 0 Å². The summed E-state index contributed by atoms with van der Waals surface area (Å²) in [6.07, 6.45) is 5.12. The summed E-state index contributed by atoms with van der Waals surface area (Å²) in [5.74, 6) is -0.592. The zero-order valence-electron chi connectivity index (χ0n) is 20.3. The normalized spacial score (nSPS) is 27.2. The van der Waals surface area contributed by atoms with Gasteiger partial charge in [-0.25, -0.2) is 0 Å². The fraction of sp³-hybridized carbons (Fsp3) is 0.750. The van der Waals surface area contributed by atoms with Gasteiger partial charge in [0, 0.05) is 42.7 Å². The highest BCUT2D eigenvalue weighted by molar-refractivity contribution is 5.66. The van der Waals surface area contributed by atoms with Crippen molar-refractivity contribution in [3.8, 4) is 0 Å². The van der Waals surface area contributed by atoms with Gasteiger partial charge in [-0.15, -0.1) is 0 Å². The average molecular weight is 423 g/mol. The molecule has 30 heavy (non-hydrogen) atoms. The number of esters is 2. The number of ether oxygens (including phenoxy) is 2. The van der Waals surface area contributed by atoms with E-state index in [4.69, 9.17) is 20.9 Å². The van der Waals surface area contributed by atoms with Crippen molar-refractivity contribution in [1.29, 1.82) is 0 Å². The number of hydrogen-bond donors (Lipinski definition) is 2. The lowest BCUT2D eigenvalue weighted by Gasteiger charge is -2.51. The lowest BCUT2D eigenvalue weighted by atomic mass is 9.55. The molecule has 4 N–H and O–H groups in total. The predicted molar refractivity (Wildman–Crippen MR) is 121 cm³/mol. The Bertz CT molecular complexity index is 719. The van der Waals surface area contributed by atoms with Crippen LogP contribution in [0.25, 0.3) is 0 Å². The molecule has 172 valence electrons. The van der Waals surface area contributed by atoms with Gasteiger partial charge in [-0.2, -0.15) is 0 Å². The van der Waals surface area contributed by atoms with Gasteiger partial charge in [0.05, 0.1) is 13.2 Å². The third kappa shape index (κ3) is 6.67. The highest BCUT2D eigenvalue weighted by Gasteiger charge is 2.48. The zero-order chi connectivity index (χ0) is 23.5. The van der Waals surface area contributed by atoms with E-state index in [0.717, 1.165) is 12.0 Å². The zero-order valence-corrected chi connectivity index (χ0v) is 20.3. The first-order chi connectivity index (χ1) is 13.5. The molecule has 0 radical (unpaired) electrons. The summed E-state index contributed by atoms with van der Waals surface area (Å²) in [7, 11) is 0. The van der Waals surface area contributed by atoms with Gasteiger partial charge in [0.1, 0.15) is 0 Å². The third-order valence-corrected chi connectivity index (χ3v) is 5.87. The Balaban J connectivity index is 3.50. The van der Waals surface area contributed by atoms with Crippen molar-refractivity contribution >= 4 is 11.9 Å². The van der Waals surface area contributed by atoms with E-state index in [9.17, 15) is 9.59 Å². The summed E-state index contributed by atoms with van der Waals surface area (Å²) >= 11 is 0. The maximum atomic E-state index is 11.3. The first-order valence-electron chi connectivity index (χ1n) is 10.7. The number of rotatable bonds is 7. The number of carbonyl (C=O) groups is 2. The Morgan fingerprint density at radius 2 is 1.43 bits per heavy atom. The predicted octanol–water partition coefficient (Wildman–Crippen LogP) is 3.74. The molecule has 6 heteroatoms. The molecule has 2 unspecified atom stereocenters. The summed E-state index contributed by atoms with van der Waals surface area (Å²) < 4.78 is 10.6. The Morgan fingerprint density at radius 3 is 1.83 bits per heavy atom. The molecule has 6 nitrogen and oxygen atoms in total. The van der Waals surface area contributed by atoms with Gasteiger partial charge in [0.25, 0.3) is 0 Å². The second-order valence-electron chi connectivity index (χ2n) is 10.9. The topological polar surface area (TPSA) is 105 Å². The Labute approximate surface area is 182 Å². The number of nitrogens with two attached hydrogens (primary N) is 2. The summed E-state index contributed by atoms with van der Waals surface area (Å²) in [5, 5.41) is 0. The molecule has 0 heterocycles.